The third-order valence-electron chi connectivity index (χ3n) is 20.3. The Bertz CT molecular complexity index is 2090. The average molecular weight is 1440 g/mol. The largest absolute Gasteiger partial charge is 0.394 e. The number of nitrogens with one attached hydrogen (secondary N) is 1. The molecule has 2 fully saturated rings. The van der Waals surface area contributed by atoms with Gasteiger partial charge in [-0.1, -0.05) is 374 Å². The summed E-state index contributed by atoms with van der Waals surface area (Å²) < 4.78 is 23.0. The Balaban J connectivity index is 1.58. The lowest BCUT2D eigenvalue weighted by atomic mass is 9.97. The Labute approximate surface area is 623 Å². The zero-order chi connectivity index (χ0) is 73.7. The van der Waals surface area contributed by atoms with Crippen molar-refractivity contribution in [2.24, 2.45) is 0 Å². The number of rotatable bonds is 71. The van der Waals surface area contributed by atoms with Crippen LogP contribution in [-0.4, -0.2) is 140 Å². The van der Waals surface area contributed by atoms with E-state index in [0.29, 0.717) is 12.8 Å². The van der Waals surface area contributed by atoms with Crippen LogP contribution >= 0.6 is 0 Å². The number of ether oxygens (including phenoxy) is 4. The molecule has 14 heteroatoms. The van der Waals surface area contributed by atoms with Gasteiger partial charge in [0.25, 0.3) is 0 Å². The van der Waals surface area contributed by atoms with Gasteiger partial charge in [0.05, 0.1) is 32.0 Å². The third kappa shape index (κ3) is 52.8. The highest BCUT2D eigenvalue weighted by Gasteiger charge is 2.51. The van der Waals surface area contributed by atoms with Crippen molar-refractivity contribution in [1.82, 2.24) is 5.32 Å². The van der Waals surface area contributed by atoms with Crippen LogP contribution in [0.15, 0.2) is 97.2 Å². The summed E-state index contributed by atoms with van der Waals surface area (Å²) in [5.74, 6) is -0.203. The highest BCUT2D eigenvalue weighted by molar-refractivity contribution is 5.76. The zero-order valence-corrected chi connectivity index (χ0v) is 65.1. The summed E-state index contributed by atoms with van der Waals surface area (Å²) in [6.07, 6.45) is 84.5. The fourth-order valence-corrected chi connectivity index (χ4v) is 13.7. The molecule has 2 aliphatic rings. The molecule has 0 aromatic rings. The summed E-state index contributed by atoms with van der Waals surface area (Å²) in [5, 5.41) is 88.0. The minimum atomic E-state index is -1.79. The summed E-state index contributed by atoms with van der Waals surface area (Å²) in [5.41, 5.74) is 0. The van der Waals surface area contributed by atoms with Crippen molar-refractivity contribution in [3.8, 4) is 0 Å². The predicted octanol–water partition coefficient (Wildman–Crippen LogP) is 20.0. The molecule has 102 heavy (non-hydrogen) atoms. The molecule has 0 aromatic carbocycles. The number of hydrogen-bond acceptors (Lipinski definition) is 13. The number of carbonyl (C=O) groups excluding carboxylic acids is 1. The van der Waals surface area contributed by atoms with E-state index >= 15 is 0 Å². The topological polar surface area (TPSA) is 228 Å². The van der Waals surface area contributed by atoms with Gasteiger partial charge in [0.1, 0.15) is 48.8 Å². The summed E-state index contributed by atoms with van der Waals surface area (Å²) in [6, 6.07) is -0.835. The first-order valence-corrected chi connectivity index (χ1v) is 42.5. The fourth-order valence-electron chi connectivity index (χ4n) is 13.7. The van der Waals surface area contributed by atoms with Crippen molar-refractivity contribution in [2.75, 3.05) is 19.8 Å². The van der Waals surface area contributed by atoms with Crippen molar-refractivity contribution >= 4 is 5.91 Å². The van der Waals surface area contributed by atoms with Gasteiger partial charge in [-0.15, -0.1) is 0 Å². The van der Waals surface area contributed by atoms with Crippen LogP contribution in [-0.2, 0) is 23.7 Å². The van der Waals surface area contributed by atoms with Gasteiger partial charge in [-0.3, -0.25) is 4.79 Å². The average Bonchev–Trinajstić information content (AvgIpc) is 0.790. The molecule has 0 aliphatic carbocycles. The van der Waals surface area contributed by atoms with Crippen LogP contribution in [0, 0.1) is 0 Å². The Morgan fingerprint density at radius 2 is 0.676 bits per heavy atom. The van der Waals surface area contributed by atoms with Gasteiger partial charge in [0.15, 0.2) is 12.6 Å². The van der Waals surface area contributed by atoms with Gasteiger partial charge in [0, 0.05) is 6.42 Å². The summed E-state index contributed by atoms with van der Waals surface area (Å²) in [7, 11) is 0. The van der Waals surface area contributed by atoms with Gasteiger partial charge >= 0.3 is 0 Å². The molecule has 12 atom stereocenters. The molecule has 592 valence electrons. The second-order valence-electron chi connectivity index (χ2n) is 29.6. The molecule has 2 aliphatic heterocycles. The number of hydrogen-bond donors (Lipinski definition) is 9. The molecule has 0 spiro atoms. The smallest absolute Gasteiger partial charge is 0.220 e. The maximum atomic E-state index is 13.4. The molecule has 0 aromatic heterocycles. The number of unbranched alkanes of at least 4 members (excludes halogenated alkanes) is 42. The summed E-state index contributed by atoms with van der Waals surface area (Å²) >= 11 is 0. The molecular formula is C88H157NO13. The van der Waals surface area contributed by atoms with E-state index in [-0.39, 0.29) is 12.5 Å². The number of aliphatic hydroxyl groups is 8. The Hall–Kier alpha value is -3.09. The van der Waals surface area contributed by atoms with Gasteiger partial charge in [-0.05, 0) is 77.0 Å². The van der Waals surface area contributed by atoms with Crippen molar-refractivity contribution in [3.63, 3.8) is 0 Å². The SMILES string of the molecule is CC/C=C\C/C=C\C/C=C\C/C=C\C/C=C\C/C=C\C/C=C\C/C=C\CCCCCCCCCCCCCCCCCCC(=O)NC(COC1OC(CO)C(OC2OC(CO)C(O)C(O)C2O)C(O)C1O)C(O)CCCCCCCCCCCCCCCCCCCCCCCCCCCCC. The van der Waals surface area contributed by atoms with Crippen LogP contribution in [0.25, 0.3) is 0 Å². The first-order valence-electron chi connectivity index (χ1n) is 42.5. The van der Waals surface area contributed by atoms with Crippen molar-refractivity contribution in [3.05, 3.63) is 97.2 Å². The van der Waals surface area contributed by atoms with Gasteiger partial charge in [0.2, 0.25) is 5.91 Å². The van der Waals surface area contributed by atoms with Gasteiger partial charge in [-0.25, -0.2) is 0 Å². The van der Waals surface area contributed by atoms with Crippen LogP contribution in [0.3, 0.4) is 0 Å². The van der Waals surface area contributed by atoms with E-state index in [1.807, 2.05) is 0 Å². The molecular weight excluding hydrogens is 1280 g/mol. The molecule has 14 nitrogen and oxygen atoms in total. The van der Waals surface area contributed by atoms with Crippen LogP contribution in [0.2, 0.25) is 0 Å². The molecule has 2 heterocycles. The normalized spacial score (nSPS) is 22.1. The van der Waals surface area contributed by atoms with Crippen molar-refractivity contribution < 1.29 is 64.6 Å². The first kappa shape index (κ1) is 95.0. The fraction of sp³-hybridized carbons (Fsp3) is 0.807. The maximum absolute atomic E-state index is 13.4. The van der Waals surface area contributed by atoms with Crippen LogP contribution in [0.1, 0.15) is 361 Å². The maximum Gasteiger partial charge on any atom is 0.220 e. The van der Waals surface area contributed by atoms with Gasteiger partial charge < -0.3 is 65.1 Å². The van der Waals surface area contributed by atoms with E-state index in [0.717, 1.165) is 103 Å². The predicted molar refractivity (Wildman–Crippen MR) is 424 cm³/mol. The van der Waals surface area contributed by atoms with Crippen LogP contribution < -0.4 is 5.32 Å². The minimum Gasteiger partial charge on any atom is -0.394 e. The van der Waals surface area contributed by atoms with E-state index in [1.165, 1.54) is 231 Å². The van der Waals surface area contributed by atoms with Crippen molar-refractivity contribution in [1.29, 1.82) is 0 Å². The zero-order valence-electron chi connectivity index (χ0n) is 65.1. The lowest BCUT2D eigenvalue weighted by Gasteiger charge is -2.46. The van der Waals surface area contributed by atoms with E-state index in [2.05, 4.69) is 116 Å². The Kier molecular flexibility index (Phi) is 66.0. The molecule has 0 bridgehead atoms. The molecule has 2 rings (SSSR count). The first-order chi connectivity index (χ1) is 50.1. The second-order valence-corrected chi connectivity index (χ2v) is 29.6. The molecule has 12 unspecified atom stereocenters. The van der Waals surface area contributed by atoms with E-state index in [9.17, 15) is 45.6 Å². The Morgan fingerprint density at radius 3 is 1.04 bits per heavy atom. The highest BCUT2D eigenvalue weighted by Crippen LogP contribution is 2.30. The lowest BCUT2D eigenvalue weighted by Crippen LogP contribution is -2.65. The summed E-state index contributed by atoms with van der Waals surface area (Å²) in [4.78, 5) is 13.4. The Morgan fingerprint density at radius 1 is 0.363 bits per heavy atom. The summed E-state index contributed by atoms with van der Waals surface area (Å²) in [6.45, 7) is 2.80. The van der Waals surface area contributed by atoms with Crippen molar-refractivity contribution in [2.45, 2.75) is 434 Å². The molecule has 1 amide bonds. The molecule has 0 saturated carbocycles. The molecule has 0 radical (unpaired) electrons. The number of carbonyl (C=O) groups is 1. The van der Waals surface area contributed by atoms with Gasteiger partial charge in [-0.2, -0.15) is 0 Å². The minimum absolute atomic E-state index is 0.203. The quantitative estimate of drug-likeness (QED) is 0.0204. The lowest BCUT2D eigenvalue weighted by molar-refractivity contribution is -0.359. The highest BCUT2D eigenvalue weighted by atomic mass is 16.7. The number of amides is 1. The third-order valence-corrected chi connectivity index (χ3v) is 20.3. The monoisotopic (exact) mass is 1440 g/mol. The standard InChI is InChI=1S/C88H157NO13/c1-3-5-7-9-11-13-15-17-19-21-23-25-27-29-31-32-33-34-35-36-37-38-39-40-41-42-43-44-46-48-50-52-54-56-58-60-62-64-66-68-70-72-80(93)89-76(75-99-87-85(98)83(96)86(79(74-91)101-87)102-88-84(97)82(95)81(94)78(73-90)100-88)77(92)71-69-67-65-63-61-59-57-55-53-51-49-47-45-30-28-26-24-22-20-18-16-14-12-10-8-6-4-2/h5,7,11,13,17,19,23,25,29,31,33-34,36-37,39-40,76-79,81-88,90-92,94-98H,3-4,6,8-10,12,14-16,18,20-22,24,26-28,30,32,35,38,41-75H2,1-2H3,(H,89,93)/b7-5-,13-11-,19-17-,25-23-,31-29-,34-33-,37-36-,40-39-. The van der Waals surface area contributed by atoms with Crippen LogP contribution in [0.4, 0.5) is 0 Å². The van der Waals surface area contributed by atoms with E-state index in [4.69, 9.17) is 18.9 Å². The number of allylic oxidation sites excluding steroid dienone is 16. The molecule has 9 N–H and O–H groups in total. The second kappa shape index (κ2) is 70.9. The van der Waals surface area contributed by atoms with E-state index < -0.39 is 86.8 Å². The molecule has 2 saturated heterocycles. The number of aliphatic hydroxyl groups excluding tert-OH is 8. The van der Waals surface area contributed by atoms with Crippen LogP contribution in [0.5, 0.6) is 0 Å². The van der Waals surface area contributed by atoms with E-state index in [1.54, 1.807) is 0 Å².